The Morgan fingerprint density at radius 3 is 2.67 bits per heavy atom. The van der Waals surface area contributed by atoms with Gasteiger partial charge < -0.3 is 10.6 Å². The lowest BCUT2D eigenvalue weighted by Crippen LogP contribution is -2.21. The first-order valence-corrected chi connectivity index (χ1v) is 13.0. The Hall–Kier alpha value is -4.03. The molecule has 40 heavy (non-hydrogen) atoms. The number of amides is 2. The minimum absolute atomic E-state index is 0.00140. The molecule has 3 aromatic carbocycles. The highest BCUT2D eigenvalue weighted by molar-refractivity contribution is 7.17. The van der Waals surface area contributed by atoms with E-state index >= 15 is 0 Å². The lowest BCUT2D eigenvalue weighted by Gasteiger charge is -2.18. The number of aryl methyl sites for hydroxylation is 1. The number of hydrogen-bond acceptors (Lipinski definition) is 4. The molecular weight excluding hydrogens is 575 g/mol. The van der Waals surface area contributed by atoms with E-state index in [0.717, 1.165) is 29.5 Å². The van der Waals surface area contributed by atoms with Gasteiger partial charge in [0.05, 0.1) is 34.0 Å². The molecule has 0 radical (unpaired) electrons. The summed E-state index contributed by atoms with van der Waals surface area (Å²) in [6, 6.07) is 5.71. The van der Waals surface area contributed by atoms with Crippen LogP contribution in [0.1, 0.15) is 43.6 Å². The van der Waals surface area contributed by atoms with Gasteiger partial charge >= 0.3 is 0 Å². The summed E-state index contributed by atoms with van der Waals surface area (Å²) in [4.78, 5) is 26.8. The number of benzene rings is 3. The van der Waals surface area contributed by atoms with Gasteiger partial charge in [0.1, 0.15) is 23.0 Å². The summed E-state index contributed by atoms with van der Waals surface area (Å²) in [5, 5.41) is 11.4. The van der Waals surface area contributed by atoms with Crippen molar-refractivity contribution in [2.45, 2.75) is 18.9 Å². The summed E-state index contributed by atoms with van der Waals surface area (Å²) < 4.78 is 70.7. The first-order chi connectivity index (χ1) is 19.0. The maximum Gasteiger partial charge on any atom is 0.257 e. The van der Waals surface area contributed by atoms with E-state index in [9.17, 15) is 31.5 Å². The molecule has 0 fully saturated rings. The van der Waals surface area contributed by atoms with Crippen LogP contribution in [0.2, 0.25) is 5.02 Å². The fourth-order valence-electron chi connectivity index (χ4n) is 5.09. The SMILES string of the molecule is Cn1nc2c3c(c(NC(=O)c4csc5c(F)cc(F)cc45)cc2c1CC(F)F)C(c1cc(F)ccc1Cl)NC3=O. The fourth-order valence-corrected chi connectivity index (χ4v) is 6.25. The maximum absolute atomic E-state index is 14.3. The van der Waals surface area contributed by atoms with Gasteiger partial charge in [-0.1, -0.05) is 11.6 Å². The lowest BCUT2D eigenvalue weighted by atomic mass is 9.93. The average Bonchev–Trinajstić information content (AvgIpc) is 3.55. The molecule has 204 valence electrons. The molecule has 3 heterocycles. The van der Waals surface area contributed by atoms with Crippen LogP contribution in [-0.2, 0) is 13.5 Å². The first-order valence-electron chi connectivity index (χ1n) is 11.8. The topological polar surface area (TPSA) is 76.0 Å². The van der Waals surface area contributed by atoms with E-state index in [4.69, 9.17) is 11.6 Å². The smallest absolute Gasteiger partial charge is 0.257 e. The molecule has 0 spiro atoms. The summed E-state index contributed by atoms with van der Waals surface area (Å²) in [6.45, 7) is 0. The van der Waals surface area contributed by atoms with Crippen molar-refractivity contribution in [3.05, 3.63) is 92.2 Å². The number of hydrogen-bond donors (Lipinski definition) is 2. The number of alkyl halides is 2. The number of anilines is 1. The number of thiophene rings is 1. The molecule has 1 aliphatic heterocycles. The molecule has 6 nitrogen and oxygen atoms in total. The predicted octanol–water partition coefficient (Wildman–Crippen LogP) is 6.75. The van der Waals surface area contributed by atoms with Crippen LogP contribution in [0.15, 0.2) is 41.8 Å². The number of carbonyl (C=O) groups is 2. The molecule has 2 amide bonds. The summed E-state index contributed by atoms with van der Waals surface area (Å²) in [7, 11) is 1.46. The molecule has 1 aliphatic rings. The van der Waals surface area contributed by atoms with Crippen LogP contribution in [0.3, 0.4) is 0 Å². The molecule has 0 saturated heterocycles. The van der Waals surface area contributed by atoms with Crippen LogP contribution in [-0.4, -0.2) is 28.0 Å². The molecule has 2 aromatic heterocycles. The Kier molecular flexibility index (Phi) is 6.26. The van der Waals surface area contributed by atoms with Gasteiger partial charge in [0.25, 0.3) is 11.8 Å². The third-order valence-corrected chi connectivity index (χ3v) is 8.13. The largest absolute Gasteiger partial charge is 0.341 e. The zero-order valence-electron chi connectivity index (χ0n) is 20.3. The van der Waals surface area contributed by atoms with Crippen molar-refractivity contribution in [3.8, 4) is 0 Å². The van der Waals surface area contributed by atoms with E-state index in [-0.39, 0.29) is 59.6 Å². The molecule has 1 unspecified atom stereocenters. The molecule has 5 aromatic rings. The molecule has 0 aliphatic carbocycles. The molecule has 2 N–H and O–H groups in total. The van der Waals surface area contributed by atoms with Gasteiger partial charge in [0, 0.05) is 51.1 Å². The van der Waals surface area contributed by atoms with Gasteiger partial charge in [-0.15, -0.1) is 11.3 Å². The predicted molar refractivity (Wildman–Crippen MR) is 141 cm³/mol. The summed E-state index contributed by atoms with van der Waals surface area (Å²) >= 11 is 7.26. The number of nitrogens with one attached hydrogen (secondary N) is 2. The van der Waals surface area contributed by atoms with Crippen molar-refractivity contribution in [2.75, 3.05) is 5.32 Å². The van der Waals surface area contributed by atoms with Crippen LogP contribution in [0, 0.1) is 17.5 Å². The number of rotatable bonds is 5. The van der Waals surface area contributed by atoms with Gasteiger partial charge in [0.2, 0.25) is 6.43 Å². The summed E-state index contributed by atoms with van der Waals surface area (Å²) in [5.74, 6) is -3.72. The van der Waals surface area contributed by atoms with Crippen molar-refractivity contribution in [1.29, 1.82) is 0 Å². The Morgan fingerprint density at radius 1 is 1.15 bits per heavy atom. The Balaban J connectivity index is 1.57. The monoisotopic (exact) mass is 590 g/mol. The van der Waals surface area contributed by atoms with Crippen molar-refractivity contribution < 1.29 is 31.5 Å². The highest BCUT2D eigenvalue weighted by atomic mass is 35.5. The Morgan fingerprint density at radius 2 is 1.93 bits per heavy atom. The summed E-state index contributed by atoms with van der Waals surface area (Å²) in [5.41, 5.74) is 0.618. The van der Waals surface area contributed by atoms with Gasteiger partial charge in [-0.25, -0.2) is 22.0 Å². The third-order valence-electron chi connectivity index (χ3n) is 6.79. The van der Waals surface area contributed by atoms with Gasteiger partial charge in [-0.05, 0) is 30.3 Å². The van der Waals surface area contributed by atoms with Crippen LogP contribution in [0.4, 0.5) is 27.6 Å². The Labute approximate surface area is 231 Å². The minimum atomic E-state index is -2.72. The average molecular weight is 591 g/mol. The van der Waals surface area contributed by atoms with Crippen molar-refractivity contribution in [3.63, 3.8) is 0 Å². The number of fused-ring (bicyclic) bond motifs is 4. The van der Waals surface area contributed by atoms with E-state index in [1.807, 2.05) is 0 Å². The standard InChI is InChI=1S/C27H16ClF5N4O2S/c1-37-19(8-20(32)33)14-7-18(34-26(38)15-9-40-25-12(15)5-11(30)6-17(25)31)21-22(24(14)36-37)27(39)35-23(21)13-4-10(29)2-3-16(13)28/h2-7,9,20,23H,8H2,1H3,(H,34,38)(H,35,39). The van der Waals surface area contributed by atoms with Gasteiger partial charge in [0.15, 0.2) is 0 Å². The number of nitrogens with zero attached hydrogens (tertiary/aromatic N) is 2. The van der Waals surface area contributed by atoms with E-state index in [2.05, 4.69) is 15.7 Å². The normalized spacial score (nSPS) is 14.8. The van der Waals surface area contributed by atoms with E-state index < -0.39 is 48.2 Å². The number of carbonyl (C=O) groups excluding carboxylic acids is 2. The molecule has 6 rings (SSSR count). The fraction of sp³-hybridized carbons (Fsp3) is 0.148. The van der Waals surface area contributed by atoms with Crippen LogP contribution in [0.5, 0.6) is 0 Å². The maximum atomic E-state index is 14.3. The molecule has 1 atom stereocenters. The Bertz CT molecular complexity index is 1890. The van der Waals surface area contributed by atoms with Crippen LogP contribution >= 0.6 is 22.9 Å². The second-order valence-corrected chi connectivity index (χ2v) is 10.5. The molecule has 0 saturated carbocycles. The molecule has 13 heteroatoms. The van der Waals surface area contributed by atoms with Crippen molar-refractivity contribution in [2.24, 2.45) is 7.05 Å². The van der Waals surface area contributed by atoms with Crippen LogP contribution in [0.25, 0.3) is 21.0 Å². The van der Waals surface area contributed by atoms with Gasteiger partial charge in [-0.2, -0.15) is 5.10 Å². The van der Waals surface area contributed by atoms with Crippen molar-refractivity contribution >= 4 is 61.4 Å². The zero-order chi connectivity index (χ0) is 28.5. The van der Waals surface area contributed by atoms with Gasteiger partial charge in [-0.3, -0.25) is 14.3 Å². The van der Waals surface area contributed by atoms with E-state index in [0.29, 0.717) is 6.07 Å². The zero-order valence-corrected chi connectivity index (χ0v) is 21.9. The highest BCUT2D eigenvalue weighted by Gasteiger charge is 2.38. The highest BCUT2D eigenvalue weighted by Crippen LogP contribution is 2.43. The minimum Gasteiger partial charge on any atom is -0.341 e. The molecule has 0 bridgehead atoms. The van der Waals surface area contributed by atoms with Crippen molar-refractivity contribution in [1.82, 2.24) is 15.1 Å². The third kappa shape index (κ3) is 4.18. The second-order valence-electron chi connectivity index (χ2n) is 9.21. The van der Waals surface area contributed by atoms with E-state index in [1.165, 1.54) is 29.2 Å². The number of halogens is 6. The number of aromatic nitrogens is 2. The lowest BCUT2D eigenvalue weighted by molar-refractivity contribution is 0.0960. The van der Waals surface area contributed by atoms with Crippen LogP contribution < -0.4 is 10.6 Å². The van der Waals surface area contributed by atoms with E-state index in [1.54, 1.807) is 0 Å². The summed E-state index contributed by atoms with van der Waals surface area (Å²) in [6.07, 6.45) is -3.40. The second kappa shape index (κ2) is 9.56. The quantitative estimate of drug-likeness (QED) is 0.222. The first kappa shape index (κ1) is 26.2. The molecular formula is C27H16ClF5N4O2S.